The normalized spacial score (nSPS) is 12.9. The molecule has 0 saturated carbocycles. The number of esters is 1. The van der Waals surface area contributed by atoms with E-state index in [4.69, 9.17) is 9.47 Å². The van der Waals surface area contributed by atoms with E-state index >= 15 is 13.2 Å². The SMILES string of the molecule is CC(C)N1C(=O)N(c2c(F)cc(NCCN(CCCC(=O)OC(C)(C)C)C(=O)OC(C)(C)C)cc2F)c2cc(C#N)cc(F)c2-c2cc(F)cnc21. The Kier molecular flexibility index (Phi) is 11.7. The molecule has 52 heavy (non-hydrogen) atoms. The summed E-state index contributed by atoms with van der Waals surface area (Å²) < 4.78 is 73.3. The average molecular weight is 727 g/mol. The van der Waals surface area contributed by atoms with Crippen molar-refractivity contribution >= 4 is 41.0 Å². The lowest BCUT2D eigenvalue weighted by Gasteiger charge is -2.31. The fraction of sp³-hybridized carbons (Fsp3) is 0.432. The van der Waals surface area contributed by atoms with Crippen LogP contribution in [0.25, 0.3) is 11.1 Å². The first-order valence-corrected chi connectivity index (χ1v) is 16.7. The molecule has 1 aliphatic heterocycles. The summed E-state index contributed by atoms with van der Waals surface area (Å²) in [5.41, 5.74) is -3.58. The third kappa shape index (κ3) is 9.28. The maximum absolute atomic E-state index is 16.1. The highest BCUT2D eigenvalue weighted by atomic mass is 19.1. The Morgan fingerprint density at radius 3 is 2.15 bits per heavy atom. The Hall–Kier alpha value is -5.39. The molecule has 3 amide bonds. The maximum Gasteiger partial charge on any atom is 0.410 e. The molecule has 3 aromatic rings. The van der Waals surface area contributed by atoms with Crippen LogP contribution < -0.4 is 15.1 Å². The zero-order valence-electron chi connectivity index (χ0n) is 30.4. The fourth-order valence-corrected chi connectivity index (χ4v) is 5.53. The molecule has 0 fully saturated rings. The number of aromatic nitrogens is 1. The number of amides is 3. The van der Waals surface area contributed by atoms with Gasteiger partial charge >= 0.3 is 18.1 Å². The summed E-state index contributed by atoms with van der Waals surface area (Å²) in [6, 6.07) is 4.83. The summed E-state index contributed by atoms with van der Waals surface area (Å²) in [5, 5.41) is 12.5. The first-order chi connectivity index (χ1) is 24.2. The van der Waals surface area contributed by atoms with Gasteiger partial charge in [-0.25, -0.2) is 32.1 Å². The number of fused-ring (bicyclic) bond motifs is 3. The fourth-order valence-electron chi connectivity index (χ4n) is 5.53. The molecule has 15 heteroatoms. The van der Waals surface area contributed by atoms with E-state index in [1.165, 1.54) is 4.90 Å². The van der Waals surface area contributed by atoms with Crippen molar-refractivity contribution in [3.8, 4) is 17.2 Å². The molecule has 0 bridgehead atoms. The molecule has 1 aromatic heterocycles. The van der Waals surface area contributed by atoms with Crippen molar-refractivity contribution in [1.82, 2.24) is 9.88 Å². The van der Waals surface area contributed by atoms with Crippen LogP contribution in [0.15, 0.2) is 36.5 Å². The summed E-state index contributed by atoms with van der Waals surface area (Å²) in [5.74, 6) is -4.90. The minimum Gasteiger partial charge on any atom is -0.460 e. The van der Waals surface area contributed by atoms with Crippen molar-refractivity contribution in [2.24, 2.45) is 0 Å². The molecule has 0 atom stereocenters. The van der Waals surface area contributed by atoms with Crippen LogP contribution in [0.4, 0.5) is 50.0 Å². The summed E-state index contributed by atoms with van der Waals surface area (Å²) in [4.78, 5) is 46.4. The number of hydrogen-bond donors (Lipinski definition) is 1. The van der Waals surface area contributed by atoms with Gasteiger partial charge in [-0.1, -0.05) is 0 Å². The molecule has 2 heterocycles. The van der Waals surface area contributed by atoms with E-state index in [1.54, 1.807) is 61.5 Å². The van der Waals surface area contributed by atoms with Gasteiger partial charge in [-0.3, -0.25) is 14.6 Å². The van der Waals surface area contributed by atoms with Gasteiger partial charge < -0.3 is 19.7 Å². The molecule has 0 radical (unpaired) electrons. The molecule has 0 aliphatic carbocycles. The number of nitriles is 1. The molecule has 1 N–H and O–H groups in total. The molecule has 0 unspecified atom stereocenters. The van der Waals surface area contributed by atoms with Crippen LogP contribution in [0.2, 0.25) is 0 Å². The Bertz CT molecular complexity index is 1880. The van der Waals surface area contributed by atoms with Crippen LogP contribution in [0.3, 0.4) is 0 Å². The quantitative estimate of drug-likeness (QED) is 0.163. The Morgan fingerprint density at radius 1 is 0.942 bits per heavy atom. The van der Waals surface area contributed by atoms with Gasteiger partial charge in [0.25, 0.3) is 0 Å². The topological polar surface area (TPSA) is 128 Å². The number of nitrogens with one attached hydrogen (secondary N) is 1. The largest absolute Gasteiger partial charge is 0.460 e. The molecule has 2 aromatic carbocycles. The molecule has 278 valence electrons. The van der Waals surface area contributed by atoms with Crippen LogP contribution in [0, 0.1) is 34.6 Å². The number of halogens is 4. The number of urea groups is 1. The van der Waals surface area contributed by atoms with Gasteiger partial charge in [-0.2, -0.15) is 5.26 Å². The summed E-state index contributed by atoms with van der Waals surface area (Å²) in [7, 11) is 0. The second-order valence-electron chi connectivity index (χ2n) is 14.4. The molecule has 4 rings (SSSR count). The molecular formula is C37H42F4N6O5. The Balaban J connectivity index is 1.65. The maximum atomic E-state index is 16.1. The van der Waals surface area contributed by atoms with E-state index < -0.39 is 70.0 Å². The van der Waals surface area contributed by atoms with Crippen molar-refractivity contribution in [3.05, 3.63) is 65.4 Å². The molecular weight excluding hydrogens is 684 g/mol. The summed E-state index contributed by atoms with van der Waals surface area (Å²) in [6.45, 7) is 13.7. The first kappa shape index (κ1) is 39.4. The average Bonchev–Trinajstić information content (AvgIpc) is 3.10. The zero-order valence-corrected chi connectivity index (χ0v) is 30.4. The molecule has 0 spiro atoms. The number of carbonyl (C=O) groups is 3. The summed E-state index contributed by atoms with van der Waals surface area (Å²) >= 11 is 0. The highest BCUT2D eigenvalue weighted by Gasteiger charge is 2.39. The standard InChI is InChI=1S/C37H42F4N6O5/c1-21(2)46-33-25(16-23(38)20-44-33)31-26(39)14-22(19-42)15-29(31)47(34(46)49)32-27(40)17-24(18-28(32)41)43-11-13-45(35(50)52-37(6,7)8)12-9-10-30(48)51-36(3,4)5/h14-18,20-21,43H,9-13H2,1-8H3. The van der Waals surface area contributed by atoms with Crippen molar-refractivity contribution in [2.45, 2.75) is 85.5 Å². The van der Waals surface area contributed by atoms with E-state index in [9.17, 15) is 24.0 Å². The third-order valence-electron chi connectivity index (χ3n) is 7.52. The smallest absolute Gasteiger partial charge is 0.410 e. The van der Waals surface area contributed by atoms with E-state index in [-0.39, 0.29) is 60.7 Å². The number of hydrogen-bond acceptors (Lipinski definition) is 8. The first-order valence-electron chi connectivity index (χ1n) is 16.7. The predicted octanol–water partition coefficient (Wildman–Crippen LogP) is 8.43. The van der Waals surface area contributed by atoms with Gasteiger partial charge in [-0.05, 0) is 92.1 Å². The second kappa shape index (κ2) is 15.5. The van der Waals surface area contributed by atoms with Gasteiger partial charge in [-0.15, -0.1) is 0 Å². The van der Waals surface area contributed by atoms with E-state index in [0.717, 1.165) is 41.4 Å². The number of anilines is 4. The Morgan fingerprint density at radius 2 is 1.58 bits per heavy atom. The molecule has 0 saturated heterocycles. The van der Waals surface area contributed by atoms with Gasteiger partial charge in [0.2, 0.25) is 0 Å². The van der Waals surface area contributed by atoms with E-state index in [1.807, 2.05) is 0 Å². The molecule has 1 aliphatic rings. The number of ether oxygens (including phenoxy) is 2. The summed E-state index contributed by atoms with van der Waals surface area (Å²) in [6.07, 6.45) is 0.499. The van der Waals surface area contributed by atoms with Crippen molar-refractivity contribution < 1.29 is 41.4 Å². The lowest BCUT2D eigenvalue weighted by Crippen LogP contribution is -2.45. The van der Waals surface area contributed by atoms with Crippen molar-refractivity contribution in [1.29, 1.82) is 5.26 Å². The van der Waals surface area contributed by atoms with Crippen LogP contribution in [0.1, 0.15) is 73.8 Å². The van der Waals surface area contributed by atoms with Gasteiger partial charge in [0.1, 0.15) is 34.3 Å². The number of benzene rings is 2. The zero-order chi connectivity index (χ0) is 38.7. The van der Waals surface area contributed by atoms with Crippen molar-refractivity contribution in [3.63, 3.8) is 0 Å². The van der Waals surface area contributed by atoms with Gasteiger partial charge in [0, 0.05) is 48.9 Å². The van der Waals surface area contributed by atoms with Gasteiger partial charge in [0.05, 0.1) is 23.5 Å². The Labute approximate surface area is 300 Å². The number of carbonyl (C=O) groups excluding carboxylic acids is 3. The van der Waals surface area contributed by atoms with Crippen LogP contribution >= 0.6 is 0 Å². The highest BCUT2D eigenvalue weighted by Crippen LogP contribution is 2.47. The van der Waals surface area contributed by atoms with E-state index in [2.05, 4.69) is 10.3 Å². The molecule has 11 nitrogen and oxygen atoms in total. The van der Waals surface area contributed by atoms with E-state index in [0.29, 0.717) is 4.90 Å². The van der Waals surface area contributed by atoms with Crippen molar-refractivity contribution in [2.75, 3.05) is 34.8 Å². The predicted molar refractivity (Wildman–Crippen MR) is 187 cm³/mol. The minimum absolute atomic E-state index is 0.000202. The minimum atomic E-state index is -1.22. The monoisotopic (exact) mass is 726 g/mol. The van der Waals surface area contributed by atoms with Crippen LogP contribution in [-0.2, 0) is 14.3 Å². The lowest BCUT2D eigenvalue weighted by molar-refractivity contribution is -0.155. The van der Waals surface area contributed by atoms with Crippen LogP contribution in [-0.4, -0.2) is 64.9 Å². The highest BCUT2D eigenvalue weighted by molar-refractivity contribution is 6.15. The second-order valence-corrected chi connectivity index (χ2v) is 14.4. The number of rotatable bonds is 10. The number of nitrogens with zero attached hydrogens (tertiary/aromatic N) is 5. The lowest BCUT2D eigenvalue weighted by atomic mass is 10.00. The van der Waals surface area contributed by atoms with Crippen LogP contribution in [0.5, 0.6) is 0 Å². The third-order valence-corrected chi connectivity index (χ3v) is 7.52. The van der Waals surface area contributed by atoms with Gasteiger partial charge in [0.15, 0.2) is 11.6 Å². The number of pyridine rings is 1.